The Kier molecular flexibility index (Phi) is 9.87. The number of carbonyl (C=O) groups excluding carboxylic acids is 1. The molecule has 0 saturated carbocycles. The molecular formula is C16H22ClF5N2O2. The van der Waals surface area contributed by atoms with Crippen molar-refractivity contribution in [3.8, 4) is 5.75 Å². The van der Waals surface area contributed by atoms with Crippen LogP contribution in [0.25, 0.3) is 0 Å². The van der Waals surface area contributed by atoms with Gasteiger partial charge in [-0.25, -0.2) is 0 Å². The summed E-state index contributed by atoms with van der Waals surface area (Å²) < 4.78 is 69.5. The lowest BCUT2D eigenvalue weighted by Crippen LogP contribution is -2.38. The first-order valence-corrected chi connectivity index (χ1v) is 7.60. The van der Waals surface area contributed by atoms with Crippen molar-refractivity contribution in [2.24, 2.45) is 0 Å². The van der Waals surface area contributed by atoms with Crippen LogP contribution in [0.5, 0.6) is 5.75 Å². The molecule has 0 spiro atoms. The minimum absolute atomic E-state index is 0. The number of likely N-dealkylation sites (N-methyl/N-ethyl adjacent to an activating group) is 1. The fourth-order valence-corrected chi connectivity index (χ4v) is 1.86. The van der Waals surface area contributed by atoms with Crippen molar-refractivity contribution in [3.05, 3.63) is 29.8 Å². The molecule has 0 heterocycles. The second kappa shape index (κ2) is 10.5. The summed E-state index contributed by atoms with van der Waals surface area (Å²) in [5, 5.41) is 2.39. The average Bonchev–Trinajstić information content (AvgIpc) is 2.50. The number of alkyl halides is 5. The number of benzene rings is 1. The molecule has 1 aromatic rings. The summed E-state index contributed by atoms with van der Waals surface area (Å²) in [7, 11) is 3.03. The Morgan fingerprint density at radius 3 is 2.42 bits per heavy atom. The zero-order chi connectivity index (χ0) is 19.1. The average molecular weight is 405 g/mol. The van der Waals surface area contributed by atoms with Crippen LogP contribution in [0.2, 0.25) is 0 Å². The van der Waals surface area contributed by atoms with Crippen molar-refractivity contribution in [1.82, 2.24) is 10.2 Å². The predicted octanol–water partition coefficient (Wildman–Crippen LogP) is 3.60. The van der Waals surface area contributed by atoms with Gasteiger partial charge in [0.25, 0.3) is 5.92 Å². The number of ether oxygens (including phenoxy) is 1. The Labute approximate surface area is 155 Å². The van der Waals surface area contributed by atoms with Gasteiger partial charge in [-0.05, 0) is 18.6 Å². The maximum atomic E-state index is 14.1. The molecule has 0 fully saturated rings. The second-order valence-corrected chi connectivity index (χ2v) is 5.69. The Balaban J connectivity index is 0.00000625. The Morgan fingerprint density at radius 1 is 1.19 bits per heavy atom. The maximum absolute atomic E-state index is 14.1. The topological polar surface area (TPSA) is 41.6 Å². The van der Waals surface area contributed by atoms with Crippen LogP contribution in [-0.4, -0.2) is 50.8 Å². The summed E-state index contributed by atoms with van der Waals surface area (Å²) in [6.07, 6.45) is -5.51. The molecule has 1 N–H and O–H groups in total. The number of amides is 1. The first-order chi connectivity index (χ1) is 11.5. The van der Waals surface area contributed by atoms with E-state index in [1.807, 2.05) is 0 Å². The SMILES string of the molecule is CN(C)C(=O)CNCC(F)(F)c1cccc(OCCCC(F)(F)F)c1.Cl. The number of nitrogens with zero attached hydrogens (tertiary/aromatic N) is 1. The quantitative estimate of drug-likeness (QED) is 0.505. The van der Waals surface area contributed by atoms with Gasteiger partial charge in [0, 0.05) is 26.1 Å². The monoisotopic (exact) mass is 404 g/mol. The van der Waals surface area contributed by atoms with Crippen LogP contribution >= 0.6 is 12.4 Å². The molecule has 4 nitrogen and oxygen atoms in total. The zero-order valence-electron chi connectivity index (χ0n) is 14.4. The van der Waals surface area contributed by atoms with E-state index in [-0.39, 0.29) is 49.2 Å². The van der Waals surface area contributed by atoms with E-state index in [1.54, 1.807) is 0 Å². The van der Waals surface area contributed by atoms with E-state index in [2.05, 4.69) is 5.32 Å². The second-order valence-electron chi connectivity index (χ2n) is 5.69. The molecule has 0 atom stereocenters. The summed E-state index contributed by atoms with van der Waals surface area (Å²) >= 11 is 0. The van der Waals surface area contributed by atoms with Gasteiger partial charge in [0.2, 0.25) is 5.91 Å². The molecule has 0 radical (unpaired) electrons. The van der Waals surface area contributed by atoms with Gasteiger partial charge in [-0.3, -0.25) is 4.79 Å². The highest BCUT2D eigenvalue weighted by Crippen LogP contribution is 2.30. The molecule has 150 valence electrons. The minimum Gasteiger partial charge on any atom is -0.494 e. The molecule has 0 bridgehead atoms. The van der Waals surface area contributed by atoms with E-state index in [0.29, 0.717) is 0 Å². The van der Waals surface area contributed by atoms with Gasteiger partial charge < -0.3 is 15.0 Å². The summed E-state index contributed by atoms with van der Waals surface area (Å²) in [4.78, 5) is 12.6. The molecule has 0 aliphatic carbocycles. The maximum Gasteiger partial charge on any atom is 0.389 e. The largest absolute Gasteiger partial charge is 0.494 e. The first-order valence-electron chi connectivity index (χ1n) is 7.60. The van der Waals surface area contributed by atoms with Gasteiger partial charge in [0.15, 0.2) is 0 Å². The Morgan fingerprint density at radius 2 is 1.85 bits per heavy atom. The zero-order valence-corrected chi connectivity index (χ0v) is 15.2. The normalized spacial score (nSPS) is 11.7. The van der Waals surface area contributed by atoms with Gasteiger partial charge in [-0.1, -0.05) is 12.1 Å². The third-order valence-corrected chi connectivity index (χ3v) is 3.25. The smallest absolute Gasteiger partial charge is 0.389 e. The lowest BCUT2D eigenvalue weighted by Gasteiger charge is -2.19. The van der Waals surface area contributed by atoms with Crippen molar-refractivity contribution in [2.75, 3.05) is 33.8 Å². The van der Waals surface area contributed by atoms with Crippen LogP contribution in [0, 0.1) is 0 Å². The van der Waals surface area contributed by atoms with Gasteiger partial charge in [0.05, 0.1) is 19.7 Å². The van der Waals surface area contributed by atoms with Crippen LogP contribution in [0.1, 0.15) is 18.4 Å². The Hall–Kier alpha value is -1.61. The molecule has 1 amide bonds. The van der Waals surface area contributed by atoms with Crippen molar-refractivity contribution >= 4 is 18.3 Å². The number of halogens is 6. The molecule has 10 heteroatoms. The number of nitrogens with one attached hydrogen (secondary N) is 1. The van der Waals surface area contributed by atoms with Crippen LogP contribution in [0.3, 0.4) is 0 Å². The number of rotatable bonds is 9. The highest BCUT2D eigenvalue weighted by molar-refractivity contribution is 5.85. The van der Waals surface area contributed by atoms with Gasteiger partial charge in [-0.15, -0.1) is 12.4 Å². The van der Waals surface area contributed by atoms with Gasteiger partial charge >= 0.3 is 6.18 Å². The molecule has 0 aliphatic rings. The van der Waals surface area contributed by atoms with E-state index in [0.717, 1.165) is 6.07 Å². The predicted molar refractivity (Wildman–Crippen MR) is 89.9 cm³/mol. The molecule has 1 rings (SSSR count). The summed E-state index contributed by atoms with van der Waals surface area (Å²) in [5.74, 6) is -3.51. The van der Waals surface area contributed by atoms with E-state index in [4.69, 9.17) is 4.74 Å². The Bertz CT molecular complexity index is 568. The standard InChI is InChI=1S/C16H21F5N2O2.ClH/c1-23(2)14(24)10-22-11-15(17,18)12-5-3-6-13(9-12)25-8-4-7-16(19,20)21;/h3,5-6,9,22H,4,7-8,10-11H2,1-2H3;1H. The highest BCUT2D eigenvalue weighted by Gasteiger charge is 2.31. The summed E-state index contributed by atoms with van der Waals surface area (Å²) in [6, 6.07) is 5.02. The first kappa shape index (κ1) is 24.4. The van der Waals surface area contributed by atoms with Gasteiger partial charge in [0.1, 0.15) is 5.75 Å². The fraction of sp³-hybridized carbons (Fsp3) is 0.562. The lowest BCUT2D eigenvalue weighted by molar-refractivity contribution is -0.136. The van der Waals surface area contributed by atoms with Crippen LogP contribution in [0.15, 0.2) is 24.3 Å². The molecule has 26 heavy (non-hydrogen) atoms. The molecular weight excluding hydrogens is 383 g/mol. The fourth-order valence-electron chi connectivity index (χ4n) is 1.86. The van der Waals surface area contributed by atoms with Crippen molar-refractivity contribution in [2.45, 2.75) is 24.9 Å². The molecule has 0 saturated heterocycles. The lowest BCUT2D eigenvalue weighted by atomic mass is 10.1. The third kappa shape index (κ3) is 9.19. The van der Waals surface area contributed by atoms with E-state index in [1.165, 1.54) is 37.2 Å². The number of carbonyl (C=O) groups is 1. The minimum atomic E-state index is -4.27. The summed E-state index contributed by atoms with van der Waals surface area (Å²) in [6.45, 7) is -1.19. The van der Waals surface area contributed by atoms with Gasteiger partial charge in [-0.2, -0.15) is 22.0 Å². The van der Waals surface area contributed by atoms with Crippen LogP contribution in [0.4, 0.5) is 22.0 Å². The van der Waals surface area contributed by atoms with Crippen molar-refractivity contribution in [3.63, 3.8) is 0 Å². The van der Waals surface area contributed by atoms with E-state index < -0.39 is 25.1 Å². The number of hydrogen-bond donors (Lipinski definition) is 1. The number of hydrogen-bond acceptors (Lipinski definition) is 3. The highest BCUT2D eigenvalue weighted by atomic mass is 35.5. The van der Waals surface area contributed by atoms with Crippen LogP contribution in [-0.2, 0) is 10.7 Å². The summed E-state index contributed by atoms with van der Waals surface area (Å²) in [5.41, 5.74) is -0.342. The molecule has 0 aliphatic heterocycles. The van der Waals surface area contributed by atoms with Crippen molar-refractivity contribution < 1.29 is 31.5 Å². The van der Waals surface area contributed by atoms with Crippen LogP contribution < -0.4 is 10.1 Å². The molecule has 0 aromatic heterocycles. The van der Waals surface area contributed by atoms with Crippen molar-refractivity contribution in [1.29, 1.82) is 0 Å². The molecule has 0 unspecified atom stereocenters. The van der Waals surface area contributed by atoms with E-state index >= 15 is 0 Å². The van der Waals surface area contributed by atoms with E-state index in [9.17, 15) is 26.7 Å². The molecule has 1 aromatic carbocycles. The third-order valence-electron chi connectivity index (χ3n) is 3.25.